The largest absolute Gasteiger partial charge is 0.480 e. The van der Waals surface area contributed by atoms with Crippen molar-refractivity contribution in [3.63, 3.8) is 0 Å². The molecule has 30 heavy (non-hydrogen) atoms. The molecule has 0 spiro atoms. The van der Waals surface area contributed by atoms with Gasteiger partial charge < -0.3 is 19.3 Å². The highest BCUT2D eigenvalue weighted by molar-refractivity contribution is 5.78. The minimum Gasteiger partial charge on any atom is -0.480 e. The molecule has 9 heteroatoms. The number of halogens is 4. The summed E-state index contributed by atoms with van der Waals surface area (Å²) in [6, 6.07) is 12.1. The highest BCUT2D eigenvalue weighted by atomic mass is 19.4. The van der Waals surface area contributed by atoms with Gasteiger partial charge in [0.05, 0.1) is 0 Å². The van der Waals surface area contributed by atoms with Gasteiger partial charge in [-0.2, -0.15) is 13.2 Å². The molecule has 0 saturated carbocycles. The zero-order valence-corrected chi connectivity index (χ0v) is 16.2. The number of carbonyl (C=O) groups excluding carboxylic acids is 1. The SMILES string of the molecule is O=C(COc1ccccc1OCC(F)(F)F)N1CCCN(c2ccc(F)cc2)CC1. The molecule has 0 aromatic heterocycles. The van der Waals surface area contributed by atoms with Crippen molar-refractivity contribution in [1.82, 2.24) is 4.90 Å². The predicted molar refractivity (Wildman–Crippen MR) is 103 cm³/mol. The fourth-order valence-electron chi connectivity index (χ4n) is 3.16. The number of hydrogen-bond acceptors (Lipinski definition) is 4. The first-order chi connectivity index (χ1) is 14.3. The van der Waals surface area contributed by atoms with Crippen LogP contribution in [0.5, 0.6) is 11.5 Å². The summed E-state index contributed by atoms with van der Waals surface area (Å²) in [7, 11) is 0. The lowest BCUT2D eigenvalue weighted by Gasteiger charge is -2.24. The number of benzene rings is 2. The molecular weight excluding hydrogens is 404 g/mol. The number of ether oxygens (including phenoxy) is 2. The van der Waals surface area contributed by atoms with Crippen molar-refractivity contribution in [2.45, 2.75) is 12.6 Å². The zero-order valence-electron chi connectivity index (χ0n) is 16.2. The molecule has 0 atom stereocenters. The topological polar surface area (TPSA) is 42.0 Å². The first-order valence-corrected chi connectivity index (χ1v) is 9.51. The number of para-hydroxylation sites is 2. The smallest absolute Gasteiger partial charge is 0.422 e. The van der Waals surface area contributed by atoms with Gasteiger partial charge in [-0.3, -0.25) is 4.79 Å². The van der Waals surface area contributed by atoms with E-state index in [0.717, 1.165) is 18.7 Å². The molecule has 0 aliphatic carbocycles. The Hall–Kier alpha value is -2.97. The molecular formula is C21H22F4N2O3. The fraction of sp³-hybridized carbons (Fsp3) is 0.381. The maximum Gasteiger partial charge on any atom is 0.422 e. The van der Waals surface area contributed by atoms with Crippen molar-refractivity contribution in [3.05, 3.63) is 54.3 Å². The van der Waals surface area contributed by atoms with Gasteiger partial charge in [0.15, 0.2) is 24.7 Å². The maximum atomic E-state index is 13.1. The second-order valence-corrected chi connectivity index (χ2v) is 6.84. The van der Waals surface area contributed by atoms with Gasteiger partial charge in [0.25, 0.3) is 5.91 Å². The standard InChI is InChI=1S/C21H22F4N2O3/c22-16-6-8-17(9-7-16)26-10-3-11-27(13-12-26)20(28)14-29-18-4-1-2-5-19(18)30-15-21(23,24)25/h1-2,4-9H,3,10-15H2. The Labute approximate surface area is 171 Å². The number of alkyl halides is 3. The van der Waals surface area contributed by atoms with Crippen molar-refractivity contribution in [2.24, 2.45) is 0 Å². The molecule has 1 heterocycles. The minimum atomic E-state index is -4.47. The van der Waals surface area contributed by atoms with E-state index < -0.39 is 12.8 Å². The summed E-state index contributed by atoms with van der Waals surface area (Å²) in [5.74, 6) is -0.553. The lowest BCUT2D eigenvalue weighted by molar-refractivity contribution is -0.153. The van der Waals surface area contributed by atoms with Gasteiger partial charge in [-0.05, 0) is 42.8 Å². The molecule has 0 N–H and O–H groups in total. The van der Waals surface area contributed by atoms with Gasteiger partial charge in [0.1, 0.15) is 5.82 Å². The summed E-state index contributed by atoms with van der Waals surface area (Å²) in [5, 5.41) is 0. The molecule has 0 unspecified atom stereocenters. The van der Waals surface area contributed by atoms with E-state index >= 15 is 0 Å². The van der Waals surface area contributed by atoms with Crippen LogP contribution in [0.1, 0.15) is 6.42 Å². The number of carbonyl (C=O) groups is 1. The van der Waals surface area contributed by atoms with Crippen molar-refractivity contribution in [2.75, 3.05) is 44.3 Å². The van der Waals surface area contributed by atoms with Gasteiger partial charge >= 0.3 is 6.18 Å². The van der Waals surface area contributed by atoms with Gasteiger partial charge in [-0.25, -0.2) is 4.39 Å². The number of anilines is 1. The van der Waals surface area contributed by atoms with Crippen LogP contribution >= 0.6 is 0 Å². The maximum absolute atomic E-state index is 13.1. The summed E-state index contributed by atoms with van der Waals surface area (Å²) in [6.45, 7) is 0.570. The van der Waals surface area contributed by atoms with Gasteiger partial charge in [0, 0.05) is 31.9 Å². The zero-order chi connectivity index (χ0) is 21.6. The Balaban J connectivity index is 1.54. The molecule has 1 amide bonds. The molecule has 2 aromatic rings. The van der Waals surface area contributed by atoms with E-state index in [4.69, 9.17) is 9.47 Å². The molecule has 0 bridgehead atoms. The summed E-state index contributed by atoms with van der Waals surface area (Å²) >= 11 is 0. The Morgan fingerprint density at radius 3 is 2.23 bits per heavy atom. The van der Waals surface area contributed by atoms with Crippen molar-refractivity contribution < 1.29 is 31.8 Å². The first kappa shape index (κ1) is 21.7. The minimum absolute atomic E-state index is 0.0685. The summed E-state index contributed by atoms with van der Waals surface area (Å²) in [5.41, 5.74) is 0.887. The van der Waals surface area contributed by atoms with Crippen LogP contribution in [0.25, 0.3) is 0 Å². The predicted octanol–water partition coefficient (Wildman–Crippen LogP) is 3.88. The monoisotopic (exact) mass is 426 g/mol. The van der Waals surface area contributed by atoms with Crippen LogP contribution in [0.15, 0.2) is 48.5 Å². The highest BCUT2D eigenvalue weighted by Gasteiger charge is 2.29. The Morgan fingerprint density at radius 2 is 1.57 bits per heavy atom. The van der Waals surface area contributed by atoms with Crippen LogP contribution in [0, 0.1) is 5.82 Å². The van der Waals surface area contributed by atoms with Crippen molar-refractivity contribution >= 4 is 11.6 Å². The normalized spacial score (nSPS) is 14.9. The molecule has 1 aliphatic rings. The summed E-state index contributed by atoms with van der Waals surface area (Å²) in [4.78, 5) is 16.3. The van der Waals surface area contributed by atoms with Crippen LogP contribution in [0.4, 0.5) is 23.2 Å². The van der Waals surface area contributed by atoms with Crippen molar-refractivity contribution in [1.29, 1.82) is 0 Å². The number of nitrogens with zero attached hydrogens (tertiary/aromatic N) is 2. The van der Waals surface area contributed by atoms with E-state index in [2.05, 4.69) is 4.90 Å². The molecule has 5 nitrogen and oxygen atoms in total. The highest BCUT2D eigenvalue weighted by Crippen LogP contribution is 2.28. The van der Waals surface area contributed by atoms with E-state index in [0.29, 0.717) is 19.6 Å². The molecule has 0 radical (unpaired) electrons. The third-order valence-electron chi connectivity index (χ3n) is 4.63. The van der Waals surface area contributed by atoms with Crippen molar-refractivity contribution in [3.8, 4) is 11.5 Å². The molecule has 3 rings (SSSR count). The summed E-state index contributed by atoms with van der Waals surface area (Å²) in [6.07, 6.45) is -3.74. The number of amides is 1. The average molecular weight is 426 g/mol. The van der Waals surface area contributed by atoms with Gasteiger partial charge in [-0.15, -0.1) is 0 Å². The van der Waals surface area contributed by atoms with Gasteiger partial charge in [0.2, 0.25) is 0 Å². The van der Waals surface area contributed by atoms with E-state index in [-0.39, 0.29) is 29.8 Å². The van der Waals surface area contributed by atoms with E-state index in [9.17, 15) is 22.4 Å². The second kappa shape index (κ2) is 9.69. The van der Waals surface area contributed by atoms with Crippen LogP contribution in [-0.4, -0.2) is 56.4 Å². The molecule has 1 aliphatic heterocycles. The third-order valence-corrected chi connectivity index (χ3v) is 4.63. The number of hydrogen-bond donors (Lipinski definition) is 0. The van der Waals surface area contributed by atoms with Crippen LogP contribution < -0.4 is 14.4 Å². The lowest BCUT2D eigenvalue weighted by atomic mass is 10.2. The Morgan fingerprint density at radius 1 is 0.900 bits per heavy atom. The fourth-order valence-corrected chi connectivity index (χ4v) is 3.16. The van der Waals surface area contributed by atoms with E-state index in [1.165, 1.54) is 30.3 Å². The van der Waals surface area contributed by atoms with E-state index in [1.807, 2.05) is 0 Å². The third kappa shape index (κ3) is 6.27. The Kier molecular flexibility index (Phi) is 7.02. The summed E-state index contributed by atoms with van der Waals surface area (Å²) < 4.78 is 60.5. The van der Waals surface area contributed by atoms with Crippen LogP contribution in [0.3, 0.4) is 0 Å². The average Bonchev–Trinajstić information content (AvgIpc) is 2.97. The molecule has 162 valence electrons. The number of rotatable bonds is 6. The van der Waals surface area contributed by atoms with Gasteiger partial charge in [-0.1, -0.05) is 12.1 Å². The first-order valence-electron chi connectivity index (χ1n) is 9.51. The quantitative estimate of drug-likeness (QED) is 0.658. The molecule has 1 fully saturated rings. The van der Waals surface area contributed by atoms with Crippen LogP contribution in [-0.2, 0) is 4.79 Å². The lowest BCUT2D eigenvalue weighted by Crippen LogP contribution is -2.38. The Bertz CT molecular complexity index is 843. The van der Waals surface area contributed by atoms with Crippen LogP contribution in [0.2, 0.25) is 0 Å². The second-order valence-electron chi connectivity index (χ2n) is 6.84. The van der Waals surface area contributed by atoms with E-state index in [1.54, 1.807) is 23.1 Å². The molecule has 2 aromatic carbocycles. The molecule has 1 saturated heterocycles.